The minimum atomic E-state index is -0.619. The van der Waals surface area contributed by atoms with Gasteiger partial charge < -0.3 is 15.4 Å². The lowest BCUT2D eigenvalue weighted by atomic mass is 9.96. The standard InChI is InChI=1S/C29H28ClN9O2/c1-16-19(15-38(36-16)28-32-8-5-9-33-28)27(40)37-13-20-21(14-37)26(20)41-25-11-17(29(2,3)31)10-24(35-25)39-23-7-4-6-22(30)18(23)12-34-39/h4-12,15,20-21,26H,13-14,31H2,1-3H3/t20-,21+,26-. The van der Waals surface area contributed by atoms with E-state index in [2.05, 4.69) is 20.2 Å². The van der Waals surface area contributed by atoms with Gasteiger partial charge in [0, 0.05) is 60.5 Å². The number of rotatable bonds is 6. The molecule has 1 aliphatic heterocycles. The van der Waals surface area contributed by atoms with Crippen molar-refractivity contribution in [3.8, 4) is 17.6 Å². The van der Waals surface area contributed by atoms with Gasteiger partial charge in [-0.3, -0.25) is 4.79 Å². The van der Waals surface area contributed by atoms with Gasteiger partial charge in [0.15, 0.2) is 5.82 Å². The third-order valence-electron chi connectivity index (χ3n) is 7.86. The minimum Gasteiger partial charge on any atom is -0.474 e. The molecule has 1 aliphatic carbocycles. The van der Waals surface area contributed by atoms with Crippen molar-refractivity contribution in [3.63, 3.8) is 0 Å². The van der Waals surface area contributed by atoms with Gasteiger partial charge in [-0.1, -0.05) is 17.7 Å². The zero-order valence-corrected chi connectivity index (χ0v) is 23.5. The smallest absolute Gasteiger partial charge is 0.257 e. The molecule has 11 nitrogen and oxygen atoms in total. The predicted octanol–water partition coefficient (Wildman–Crippen LogP) is 3.70. The summed E-state index contributed by atoms with van der Waals surface area (Å²) in [5.74, 6) is 1.93. The van der Waals surface area contributed by atoms with Crippen LogP contribution >= 0.6 is 11.6 Å². The molecular formula is C29H28ClN9O2. The zero-order chi connectivity index (χ0) is 28.5. The number of nitrogens with two attached hydrogens (primary N) is 1. The largest absolute Gasteiger partial charge is 0.474 e. The fraction of sp³-hybridized carbons (Fsp3) is 0.310. The van der Waals surface area contributed by atoms with E-state index in [1.165, 1.54) is 4.68 Å². The summed E-state index contributed by atoms with van der Waals surface area (Å²) in [6, 6.07) is 11.2. The maximum Gasteiger partial charge on any atom is 0.257 e. The van der Waals surface area contributed by atoms with Crippen LogP contribution in [0.5, 0.6) is 5.88 Å². The predicted molar refractivity (Wildman–Crippen MR) is 152 cm³/mol. The normalized spacial score (nSPS) is 19.9. The summed E-state index contributed by atoms with van der Waals surface area (Å²) >= 11 is 6.38. The molecule has 41 heavy (non-hydrogen) atoms. The summed E-state index contributed by atoms with van der Waals surface area (Å²) < 4.78 is 9.71. The van der Waals surface area contributed by atoms with Crippen molar-refractivity contribution in [2.24, 2.45) is 17.6 Å². The highest BCUT2D eigenvalue weighted by molar-refractivity contribution is 6.35. The lowest BCUT2D eigenvalue weighted by Crippen LogP contribution is -2.33. The van der Waals surface area contributed by atoms with E-state index in [-0.39, 0.29) is 23.8 Å². The van der Waals surface area contributed by atoms with Crippen molar-refractivity contribution in [2.75, 3.05) is 13.1 Å². The SMILES string of the molecule is Cc1nn(-c2ncccn2)cc1C(=O)N1C[C@@H]2[C@H](C1)[C@@H]2Oc1cc(C(C)(C)N)cc(-n2ncc3c(Cl)cccc32)n1. The van der Waals surface area contributed by atoms with Gasteiger partial charge in [-0.25, -0.2) is 19.3 Å². The Labute approximate surface area is 240 Å². The first-order valence-corrected chi connectivity index (χ1v) is 13.8. The van der Waals surface area contributed by atoms with Gasteiger partial charge in [0.05, 0.1) is 28.0 Å². The number of hydrogen-bond acceptors (Lipinski definition) is 8. The molecule has 1 saturated carbocycles. The number of halogens is 1. The summed E-state index contributed by atoms with van der Waals surface area (Å²) in [4.78, 5) is 28.4. The van der Waals surface area contributed by atoms with Crippen molar-refractivity contribution < 1.29 is 9.53 Å². The number of fused-ring (bicyclic) bond motifs is 2. The highest BCUT2D eigenvalue weighted by atomic mass is 35.5. The molecule has 2 aliphatic rings. The van der Waals surface area contributed by atoms with Crippen LogP contribution in [0.1, 0.15) is 35.5 Å². The van der Waals surface area contributed by atoms with Gasteiger partial charge in [0.1, 0.15) is 6.10 Å². The molecule has 7 rings (SSSR count). The van der Waals surface area contributed by atoms with Crippen LogP contribution in [0.15, 0.2) is 61.2 Å². The Kier molecular flexibility index (Phi) is 5.84. The van der Waals surface area contributed by atoms with E-state index >= 15 is 0 Å². The third kappa shape index (κ3) is 4.51. The highest BCUT2D eigenvalue weighted by Gasteiger charge is 2.59. The average Bonchev–Trinajstić information content (AvgIpc) is 3.40. The molecule has 5 aromatic rings. The second kappa shape index (κ2) is 9.35. The molecule has 3 atom stereocenters. The molecule has 12 heteroatoms. The monoisotopic (exact) mass is 569 g/mol. The number of hydrogen-bond donors (Lipinski definition) is 1. The number of likely N-dealkylation sites (tertiary alicyclic amines) is 1. The average molecular weight is 570 g/mol. The Bertz CT molecular complexity index is 1780. The van der Waals surface area contributed by atoms with Gasteiger partial charge in [-0.2, -0.15) is 15.2 Å². The number of aryl methyl sites for hydroxylation is 1. The molecule has 0 spiro atoms. The van der Waals surface area contributed by atoms with E-state index in [1.54, 1.807) is 35.5 Å². The number of ether oxygens (including phenoxy) is 1. The van der Waals surface area contributed by atoms with Crippen molar-refractivity contribution in [1.29, 1.82) is 0 Å². The number of benzene rings is 1. The van der Waals surface area contributed by atoms with Crippen molar-refractivity contribution in [3.05, 3.63) is 83.0 Å². The summed E-state index contributed by atoms with van der Waals surface area (Å²) in [5.41, 5.74) is 8.78. The molecule has 2 N–H and O–H groups in total. The summed E-state index contributed by atoms with van der Waals surface area (Å²) in [7, 11) is 0. The molecule has 5 heterocycles. The number of piperidine rings is 1. The maximum absolute atomic E-state index is 13.4. The molecule has 0 bridgehead atoms. The van der Waals surface area contributed by atoms with Gasteiger partial charge in [-0.05, 0) is 50.6 Å². The minimum absolute atomic E-state index is 0.0270. The molecule has 208 valence electrons. The van der Waals surface area contributed by atoms with Crippen molar-refractivity contribution >= 4 is 28.4 Å². The van der Waals surface area contributed by atoms with E-state index in [1.807, 2.05) is 56.0 Å². The van der Waals surface area contributed by atoms with Crippen LogP contribution in [0.25, 0.3) is 22.7 Å². The van der Waals surface area contributed by atoms with Crippen molar-refractivity contribution in [1.82, 2.24) is 39.4 Å². The Balaban J connectivity index is 1.09. The lowest BCUT2D eigenvalue weighted by molar-refractivity contribution is 0.0751. The second-order valence-electron chi connectivity index (χ2n) is 11.2. The fourth-order valence-corrected chi connectivity index (χ4v) is 5.75. The van der Waals surface area contributed by atoms with Crippen LogP contribution in [0.2, 0.25) is 5.02 Å². The lowest BCUT2D eigenvalue weighted by Gasteiger charge is -2.22. The van der Waals surface area contributed by atoms with Gasteiger partial charge in [0.2, 0.25) is 11.8 Å². The fourth-order valence-electron chi connectivity index (χ4n) is 5.53. The quantitative estimate of drug-likeness (QED) is 0.328. The van der Waals surface area contributed by atoms with Crippen LogP contribution in [-0.4, -0.2) is 64.5 Å². The van der Waals surface area contributed by atoms with E-state index in [4.69, 9.17) is 27.1 Å². The van der Waals surface area contributed by atoms with Crippen molar-refractivity contribution in [2.45, 2.75) is 32.4 Å². The number of carbonyl (C=O) groups is 1. The van der Waals surface area contributed by atoms with Crippen LogP contribution in [0.3, 0.4) is 0 Å². The first kappa shape index (κ1) is 25.6. The van der Waals surface area contributed by atoms with Crippen LogP contribution < -0.4 is 10.5 Å². The van der Waals surface area contributed by atoms with Crippen LogP contribution in [0, 0.1) is 18.8 Å². The molecule has 4 aromatic heterocycles. The molecule has 1 saturated heterocycles. The van der Waals surface area contributed by atoms with Crippen LogP contribution in [0.4, 0.5) is 0 Å². The number of pyridine rings is 1. The van der Waals surface area contributed by atoms with Gasteiger partial charge >= 0.3 is 0 Å². The summed E-state index contributed by atoms with van der Waals surface area (Å²) in [6.45, 7) is 6.92. The second-order valence-corrected chi connectivity index (χ2v) is 11.7. The van der Waals surface area contributed by atoms with E-state index in [0.29, 0.717) is 47.0 Å². The zero-order valence-electron chi connectivity index (χ0n) is 22.8. The van der Waals surface area contributed by atoms with Crippen LogP contribution in [-0.2, 0) is 5.54 Å². The highest BCUT2D eigenvalue weighted by Crippen LogP contribution is 2.48. The summed E-state index contributed by atoms with van der Waals surface area (Å²) in [6.07, 6.45) is 6.69. The molecule has 0 radical (unpaired) electrons. The molecule has 1 amide bonds. The van der Waals surface area contributed by atoms with Gasteiger partial charge in [-0.15, -0.1) is 0 Å². The molecule has 2 fully saturated rings. The van der Waals surface area contributed by atoms with E-state index in [0.717, 1.165) is 16.5 Å². The first-order valence-electron chi connectivity index (χ1n) is 13.4. The summed E-state index contributed by atoms with van der Waals surface area (Å²) in [5, 5.41) is 10.5. The Morgan fingerprint density at radius 3 is 2.61 bits per heavy atom. The number of nitrogens with zero attached hydrogens (tertiary/aromatic N) is 8. The number of aromatic nitrogens is 7. The Morgan fingerprint density at radius 2 is 1.88 bits per heavy atom. The number of amides is 1. The molecule has 0 unspecified atom stereocenters. The third-order valence-corrected chi connectivity index (χ3v) is 8.19. The molecule has 1 aromatic carbocycles. The number of carbonyl (C=O) groups excluding carboxylic acids is 1. The van der Waals surface area contributed by atoms with E-state index < -0.39 is 5.54 Å². The Morgan fingerprint density at radius 1 is 1.12 bits per heavy atom. The Hall–Kier alpha value is -4.35. The molecular weight excluding hydrogens is 542 g/mol. The van der Waals surface area contributed by atoms with Gasteiger partial charge in [0.25, 0.3) is 5.91 Å². The maximum atomic E-state index is 13.4. The topological polar surface area (TPSA) is 130 Å². The van der Waals surface area contributed by atoms with E-state index in [9.17, 15) is 4.79 Å². The first-order chi connectivity index (χ1) is 19.7.